The molecule has 0 radical (unpaired) electrons. The van der Waals surface area contributed by atoms with Crippen molar-refractivity contribution in [3.05, 3.63) is 71.8 Å². The normalized spacial score (nSPS) is 25.7. The first-order valence-electron chi connectivity index (χ1n) is 10.7. The molecule has 9 heteroatoms. The van der Waals surface area contributed by atoms with Crippen LogP contribution in [0.4, 0.5) is 0 Å². The zero-order chi connectivity index (χ0) is 24.1. The van der Waals surface area contributed by atoms with E-state index in [9.17, 15) is 20.4 Å². The van der Waals surface area contributed by atoms with Crippen LogP contribution in [-0.4, -0.2) is 89.3 Å². The molecule has 1 fully saturated rings. The molecule has 33 heavy (non-hydrogen) atoms. The van der Waals surface area contributed by atoms with Gasteiger partial charge in [-0.1, -0.05) is 60.7 Å². The van der Waals surface area contributed by atoms with E-state index in [1.54, 1.807) is 0 Å². The average molecular weight is 467 g/mol. The number of aliphatic hydroxyl groups is 5. The Morgan fingerprint density at radius 3 is 1.94 bits per heavy atom. The van der Waals surface area contributed by atoms with Gasteiger partial charge in [0.25, 0.3) is 0 Å². The van der Waals surface area contributed by atoms with Gasteiger partial charge in [-0.05, 0) is 11.1 Å². The van der Waals surface area contributed by atoms with Crippen molar-refractivity contribution in [3.63, 3.8) is 0 Å². The predicted octanol–water partition coefficient (Wildman–Crippen LogP) is 0.214. The van der Waals surface area contributed by atoms with Crippen molar-refractivity contribution in [2.45, 2.75) is 50.0 Å². The lowest BCUT2D eigenvalue weighted by Crippen LogP contribution is -2.59. The molecular weight excluding hydrogens is 432 g/mol. The van der Waals surface area contributed by atoms with Gasteiger partial charge < -0.3 is 44.5 Å². The van der Waals surface area contributed by atoms with Gasteiger partial charge in [-0.2, -0.15) is 0 Å². The molecule has 0 spiro atoms. The van der Waals surface area contributed by atoms with Crippen LogP contribution in [0, 0.1) is 0 Å². The molecular formula is C24H34O9. The number of hydrogen-bond donors (Lipinski definition) is 5. The summed E-state index contributed by atoms with van der Waals surface area (Å²) in [5.74, 6) is 0. The van der Waals surface area contributed by atoms with E-state index in [2.05, 4.69) is 0 Å². The summed E-state index contributed by atoms with van der Waals surface area (Å²) in [6.45, 7) is 0.493. The number of hydrogen-bond acceptors (Lipinski definition) is 9. The molecule has 1 saturated heterocycles. The maximum absolute atomic E-state index is 10.2. The second-order valence-corrected chi connectivity index (χ2v) is 7.45. The molecule has 5 N–H and O–H groups in total. The molecule has 3 rings (SSSR count). The van der Waals surface area contributed by atoms with Crippen LogP contribution in [-0.2, 0) is 32.2 Å². The molecule has 2 aromatic rings. The third kappa shape index (κ3) is 8.74. The highest BCUT2D eigenvalue weighted by Gasteiger charge is 2.44. The number of benzene rings is 2. The average Bonchev–Trinajstić information content (AvgIpc) is 2.87. The summed E-state index contributed by atoms with van der Waals surface area (Å²) < 4.78 is 22.8. The fraction of sp³-hybridized carbons (Fsp3) is 0.500. The summed E-state index contributed by atoms with van der Waals surface area (Å²) in [5.41, 5.74) is 2.02. The Morgan fingerprint density at radius 2 is 1.36 bits per heavy atom. The van der Waals surface area contributed by atoms with E-state index in [-0.39, 0.29) is 13.2 Å². The van der Waals surface area contributed by atoms with Gasteiger partial charge in [-0.15, -0.1) is 0 Å². The second kappa shape index (κ2) is 15.1. The molecule has 9 nitrogen and oxygen atoms in total. The Labute approximate surface area is 193 Å². The summed E-state index contributed by atoms with van der Waals surface area (Å²) in [4.78, 5) is 0. The quantitative estimate of drug-likeness (QED) is 0.315. The van der Waals surface area contributed by atoms with Crippen LogP contribution in [0.5, 0.6) is 0 Å². The van der Waals surface area contributed by atoms with Gasteiger partial charge in [0, 0.05) is 7.11 Å². The van der Waals surface area contributed by atoms with Gasteiger partial charge in [-0.3, -0.25) is 0 Å². The lowest BCUT2D eigenvalue weighted by molar-refractivity contribution is -0.306. The van der Waals surface area contributed by atoms with Gasteiger partial charge in [0.05, 0.1) is 33.0 Å². The van der Waals surface area contributed by atoms with Crippen LogP contribution < -0.4 is 0 Å². The highest BCUT2D eigenvalue weighted by molar-refractivity contribution is 5.14. The first-order chi connectivity index (χ1) is 16.1. The molecule has 1 aliphatic heterocycles. The van der Waals surface area contributed by atoms with Crippen molar-refractivity contribution in [3.8, 4) is 0 Å². The zero-order valence-electron chi connectivity index (χ0n) is 18.6. The summed E-state index contributed by atoms with van der Waals surface area (Å²) in [6.07, 6.45) is -7.10. The Morgan fingerprint density at radius 1 is 0.788 bits per heavy atom. The Hall–Kier alpha value is -1.92. The molecule has 0 saturated carbocycles. The van der Waals surface area contributed by atoms with E-state index in [4.69, 9.17) is 24.1 Å². The summed E-state index contributed by atoms with van der Waals surface area (Å²) in [7, 11) is 1.00. The molecule has 1 heterocycles. The maximum atomic E-state index is 10.2. The molecule has 0 amide bonds. The zero-order valence-corrected chi connectivity index (χ0v) is 18.6. The van der Waals surface area contributed by atoms with Gasteiger partial charge in [0.1, 0.15) is 30.5 Å². The van der Waals surface area contributed by atoms with Crippen molar-refractivity contribution < 1.29 is 44.5 Å². The van der Waals surface area contributed by atoms with Crippen molar-refractivity contribution in [1.82, 2.24) is 0 Å². The fourth-order valence-corrected chi connectivity index (χ4v) is 3.22. The van der Waals surface area contributed by atoms with Gasteiger partial charge in [0.15, 0.2) is 6.29 Å². The van der Waals surface area contributed by atoms with Gasteiger partial charge >= 0.3 is 0 Å². The van der Waals surface area contributed by atoms with Crippen LogP contribution in [0.2, 0.25) is 0 Å². The van der Waals surface area contributed by atoms with E-state index < -0.39 is 43.4 Å². The summed E-state index contributed by atoms with van der Waals surface area (Å²) >= 11 is 0. The molecule has 184 valence electrons. The highest BCUT2D eigenvalue weighted by atomic mass is 16.7. The van der Waals surface area contributed by atoms with Crippen LogP contribution in [0.15, 0.2) is 60.7 Å². The minimum atomic E-state index is -1.49. The van der Waals surface area contributed by atoms with Crippen molar-refractivity contribution in [2.24, 2.45) is 0 Å². The molecule has 6 unspecified atom stereocenters. The molecule has 0 aliphatic carbocycles. The second-order valence-electron chi connectivity index (χ2n) is 7.45. The van der Waals surface area contributed by atoms with Crippen molar-refractivity contribution >= 4 is 0 Å². The van der Waals surface area contributed by atoms with Gasteiger partial charge in [0.2, 0.25) is 0 Å². The summed E-state index contributed by atoms with van der Waals surface area (Å²) in [5, 5.41) is 46.3. The minimum Gasteiger partial charge on any atom is -0.400 e. The van der Waals surface area contributed by atoms with Crippen LogP contribution in [0.1, 0.15) is 11.1 Å². The third-order valence-corrected chi connectivity index (χ3v) is 5.04. The third-order valence-electron chi connectivity index (χ3n) is 5.04. The fourth-order valence-electron chi connectivity index (χ4n) is 3.22. The first-order valence-corrected chi connectivity index (χ1v) is 10.7. The van der Waals surface area contributed by atoms with E-state index in [0.717, 1.165) is 18.2 Å². The standard InChI is InChI=1S/C23H30O8.CH4O/c24-11-19-20(25)21(26)22(27)23(31-19)30-15-18(29-13-17-9-5-2-6-10-17)14-28-12-16-7-3-1-4-8-16;1-2/h1-10,18-27H,11-15H2;2H,1H3. The van der Waals surface area contributed by atoms with Gasteiger partial charge in [-0.25, -0.2) is 0 Å². The molecule has 6 atom stereocenters. The number of rotatable bonds is 11. The SMILES string of the molecule is CO.OCC1OC(OCC(COCc2ccccc2)OCc2ccccc2)C(O)C(O)C1O. The number of ether oxygens (including phenoxy) is 4. The molecule has 0 aromatic heterocycles. The van der Waals surface area contributed by atoms with E-state index in [1.807, 2.05) is 60.7 Å². The first kappa shape index (κ1) is 27.3. The van der Waals surface area contributed by atoms with E-state index >= 15 is 0 Å². The lowest BCUT2D eigenvalue weighted by atomic mass is 9.99. The molecule has 1 aliphatic rings. The molecule has 2 aromatic carbocycles. The van der Waals surface area contributed by atoms with Crippen molar-refractivity contribution in [1.29, 1.82) is 0 Å². The predicted molar refractivity (Wildman–Crippen MR) is 119 cm³/mol. The number of aliphatic hydroxyl groups excluding tert-OH is 5. The largest absolute Gasteiger partial charge is 0.400 e. The Balaban J connectivity index is 0.00000187. The smallest absolute Gasteiger partial charge is 0.186 e. The van der Waals surface area contributed by atoms with Crippen molar-refractivity contribution in [2.75, 3.05) is 26.9 Å². The highest BCUT2D eigenvalue weighted by Crippen LogP contribution is 2.22. The van der Waals surface area contributed by atoms with Crippen LogP contribution in [0.25, 0.3) is 0 Å². The Bertz CT molecular complexity index is 744. The van der Waals surface area contributed by atoms with Crippen LogP contribution in [0.3, 0.4) is 0 Å². The topological polar surface area (TPSA) is 138 Å². The van der Waals surface area contributed by atoms with Crippen LogP contribution >= 0.6 is 0 Å². The van der Waals surface area contributed by atoms with E-state index in [1.165, 1.54) is 0 Å². The maximum Gasteiger partial charge on any atom is 0.186 e. The summed E-state index contributed by atoms with van der Waals surface area (Å²) in [6, 6.07) is 19.4. The monoisotopic (exact) mass is 466 g/mol. The minimum absolute atomic E-state index is 0.0182. The molecule has 0 bridgehead atoms. The van der Waals surface area contributed by atoms with E-state index in [0.29, 0.717) is 13.2 Å². The Kier molecular flexibility index (Phi) is 12.5. The lowest BCUT2D eigenvalue weighted by Gasteiger charge is -2.39.